The first-order valence-electron chi connectivity index (χ1n) is 8.17. The van der Waals surface area contributed by atoms with Crippen molar-refractivity contribution in [3.63, 3.8) is 0 Å². The summed E-state index contributed by atoms with van der Waals surface area (Å²) in [7, 11) is 0. The number of piperidine rings is 1. The first kappa shape index (κ1) is 18.0. The zero-order chi connectivity index (χ0) is 17.2. The van der Waals surface area contributed by atoms with E-state index in [2.05, 4.69) is 5.32 Å². The molecule has 2 aliphatic rings. The summed E-state index contributed by atoms with van der Waals surface area (Å²) in [5, 5.41) is 3.04. The van der Waals surface area contributed by atoms with Crippen molar-refractivity contribution in [1.29, 1.82) is 0 Å². The molecule has 2 rings (SSSR count). The van der Waals surface area contributed by atoms with Crippen molar-refractivity contribution >= 4 is 29.3 Å². The number of carbonyl (C=O) groups is 3. The van der Waals surface area contributed by atoms with Crippen LogP contribution < -0.4 is 5.32 Å². The highest BCUT2D eigenvalue weighted by Gasteiger charge is 2.40. The molecule has 0 aromatic rings. The normalized spacial score (nSPS) is 23.3. The number of amides is 3. The van der Waals surface area contributed by atoms with Gasteiger partial charge < -0.3 is 15.1 Å². The fourth-order valence-corrected chi connectivity index (χ4v) is 3.38. The van der Waals surface area contributed by atoms with Crippen molar-refractivity contribution in [3.05, 3.63) is 0 Å². The molecule has 3 amide bonds. The van der Waals surface area contributed by atoms with Crippen LogP contribution >= 0.6 is 11.6 Å². The number of nitrogens with zero attached hydrogens (tertiary/aromatic N) is 2. The summed E-state index contributed by atoms with van der Waals surface area (Å²) in [4.78, 5) is 39.5. The molecule has 2 aliphatic heterocycles. The monoisotopic (exact) mass is 343 g/mol. The van der Waals surface area contributed by atoms with E-state index in [0.717, 1.165) is 12.8 Å². The van der Waals surface area contributed by atoms with Crippen LogP contribution in [0.1, 0.15) is 40.0 Å². The van der Waals surface area contributed by atoms with Crippen molar-refractivity contribution in [2.24, 2.45) is 5.92 Å². The van der Waals surface area contributed by atoms with Gasteiger partial charge in [0.1, 0.15) is 5.88 Å². The first-order chi connectivity index (χ1) is 10.7. The number of carbonyl (C=O) groups excluding carboxylic acids is 3. The third kappa shape index (κ3) is 4.37. The second kappa shape index (κ2) is 7.07. The molecule has 2 fully saturated rings. The number of hydrogen-bond donors (Lipinski definition) is 1. The fraction of sp³-hybridized carbons (Fsp3) is 0.812. The quantitative estimate of drug-likeness (QED) is 0.777. The van der Waals surface area contributed by atoms with Gasteiger partial charge in [-0.1, -0.05) is 0 Å². The molecule has 1 N–H and O–H groups in total. The minimum Gasteiger partial charge on any atom is -0.353 e. The molecule has 0 radical (unpaired) electrons. The summed E-state index contributed by atoms with van der Waals surface area (Å²) >= 11 is 5.56. The van der Waals surface area contributed by atoms with Crippen LogP contribution in [0.2, 0.25) is 0 Å². The Kier molecular flexibility index (Phi) is 5.55. The van der Waals surface area contributed by atoms with Crippen LogP contribution in [0.4, 0.5) is 0 Å². The van der Waals surface area contributed by atoms with E-state index in [1.54, 1.807) is 9.80 Å². The van der Waals surface area contributed by atoms with Crippen LogP contribution in [-0.2, 0) is 14.4 Å². The molecule has 130 valence electrons. The Morgan fingerprint density at radius 1 is 1.26 bits per heavy atom. The van der Waals surface area contributed by atoms with Gasteiger partial charge in [0.05, 0.1) is 5.92 Å². The number of halogens is 1. The van der Waals surface area contributed by atoms with Crippen molar-refractivity contribution in [3.8, 4) is 0 Å². The second-order valence-electron chi connectivity index (χ2n) is 7.37. The largest absolute Gasteiger partial charge is 0.353 e. The lowest BCUT2D eigenvalue weighted by Gasteiger charge is -2.33. The van der Waals surface area contributed by atoms with Crippen LogP contribution in [0, 0.1) is 5.92 Å². The number of rotatable bonds is 3. The second-order valence-corrected chi connectivity index (χ2v) is 7.64. The van der Waals surface area contributed by atoms with Crippen molar-refractivity contribution in [1.82, 2.24) is 15.1 Å². The third-order valence-corrected chi connectivity index (χ3v) is 4.84. The highest BCUT2D eigenvalue weighted by molar-refractivity contribution is 6.27. The summed E-state index contributed by atoms with van der Waals surface area (Å²) in [5.41, 5.74) is -0.251. The lowest BCUT2D eigenvalue weighted by molar-refractivity contribution is -0.132. The Labute approximate surface area is 142 Å². The van der Waals surface area contributed by atoms with E-state index in [1.165, 1.54) is 0 Å². The lowest BCUT2D eigenvalue weighted by Crippen LogP contribution is -2.48. The summed E-state index contributed by atoms with van der Waals surface area (Å²) in [6.07, 6.45) is 1.75. The summed E-state index contributed by atoms with van der Waals surface area (Å²) in [5.74, 6) is -0.334. The predicted octanol–water partition coefficient (Wildman–Crippen LogP) is 0.979. The molecule has 7 heteroatoms. The Morgan fingerprint density at radius 2 is 1.87 bits per heavy atom. The maximum Gasteiger partial charge on any atom is 0.237 e. The van der Waals surface area contributed by atoms with Crippen molar-refractivity contribution in [2.75, 3.05) is 25.5 Å². The van der Waals surface area contributed by atoms with E-state index < -0.39 is 0 Å². The van der Waals surface area contributed by atoms with Gasteiger partial charge in [0, 0.05) is 37.6 Å². The van der Waals surface area contributed by atoms with Crippen LogP contribution in [-0.4, -0.2) is 64.6 Å². The van der Waals surface area contributed by atoms with Crippen LogP contribution in [0.25, 0.3) is 0 Å². The smallest absolute Gasteiger partial charge is 0.237 e. The molecule has 2 heterocycles. The van der Waals surface area contributed by atoms with Crippen LogP contribution in [0.15, 0.2) is 0 Å². The van der Waals surface area contributed by atoms with E-state index >= 15 is 0 Å². The third-order valence-electron chi connectivity index (χ3n) is 4.61. The molecule has 0 aliphatic carbocycles. The molecule has 23 heavy (non-hydrogen) atoms. The number of hydrogen-bond acceptors (Lipinski definition) is 3. The molecule has 0 spiro atoms. The van der Waals surface area contributed by atoms with E-state index in [1.807, 2.05) is 20.8 Å². The number of likely N-dealkylation sites (tertiary alicyclic amines) is 2. The summed E-state index contributed by atoms with van der Waals surface area (Å²) in [6, 6.07) is 0.0701. The topological polar surface area (TPSA) is 69.7 Å². The van der Waals surface area contributed by atoms with Gasteiger partial charge in [-0.2, -0.15) is 0 Å². The van der Waals surface area contributed by atoms with Gasteiger partial charge >= 0.3 is 0 Å². The number of alkyl halides is 1. The highest BCUT2D eigenvalue weighted by Crippen LogP contribution is 2.26. The minimum absolute atomic E-state index is 0.00382. The Morgan fingerprint density at radius 3 is 2.35 bits per heavy atom. The average Bonchev–Trinajstić information content (AvgIpc) is 2.89. The van der Waals surface area contributed by atoms with Crippen LogP contribution in [0.3, 0.4) is 0 Å². The first-order valence-corrected chi connectivity index (χ1v) is 8.70. The fourth-order valence-electron chi connectivity index (χ4n) is 3.21. The van der Waals surface area contributed by atoms with Crippen molar-refractivity contribution < 1.29 is 14.4 Å². The van der Waals surface area contributed by atoms with Gasteiger partial charge in [-0.3, -0.25) is 14.4 Å². The Bertz CT molecular complexity index is 481. The lowest BCUT2D eigenvalue weighted by atomic mass is 10.0. The molecule has 0 aromatic carbocycles. The molecule has 0 aromatic heterocycles. The summed E-state index contributed by atoms with van der Waals surface area (Å²) in [6.45, 7) is 7.67. The van der Waals surface area contributed by atoms with E-state index in [9.17, 15) is 14.4 Å². The van der Waals surface area contributed by atoms with Gasteiger partial charge in [0.25, 0.3) is 0 Å². The molecular weight excluding hydrogens is 318 g/mol. The molecule has 6 nitrogen and oxygen atoms in total. The van der Waals surface area contributed by atoms with Crippen LogP contribution in [0.5, 0.6) is 0 Å². The predicted molar refractivity (Wildman–Crippen MR) is 88.0 cm³/mol. The zero-order valence-electron chi connectivity index (χ0n) is 14.1. The standard InChI is InChI=1S/C16H26ClN3O3/c1-16(2,3)20-10-11(8-13(20)21)15(23)18-12-4-6-19(7-5-12)14(22)9-17/h11-12H,4-10H2,1-3H3,(H,18,23). The highest BCUT2D eigenvalue weighted by atomic mass is 35.5. The Hall–Kier alpha value is -1.30. The maximum atomic E-state index is 12.4. The minimum atomic E-state index is -0.274. The van der Waals surface area contributed by atoms with Gasteiger partial charge in [0.2, 0.25) is 17.7 Å². The molecule has 1 atom stereocenters. The average molecular weight is 344 g/mol. The van der Waals surface area contributed by atoms with E-state index in [0.29, 0.717) is 19.6 Å². The Balaban J connectivity index is 1.82. The van der Waals surface area contributed by atoms with Gasteiger partial charge in [-0.05, 0) is 33.6 Å². The zero-order valence-corrected chi connectivity index (χ0v) is 14.9. The van der Waals surface area contributed by atoms with Gasteiger partial charge in [0.15, 0.2) is 0 Å². The summed E-state index contributed by atoms with van der Waals surface area (Å²) < 4.78 is 0. The molecular formula is C16H26ClN3O3. The molecule has 2 saturated heterocycles. The molecule has 0 saturated carbocycles. The van der Waals surface area contributed by atoms with Gasteiger partial charge in [-0.25, -0.2) is 0 Å². The molecule has 1 unspecified atom stereocenters. The maximum absolute atomic E-state index is 12.4. The number of nitrogens with one attached hydrogen (secondary N) is 1. The molecule has 0 bridgehead atoms. The van der Waals surface area contributed by atoms with E-state index in [4.69, 9.17) is 11.6 Å². The van der Waals surface area contributed by atoms with Crippen molar-refractivity contribution in [2.45, 2.75) is 51.6 Å². The SMILES string of the molecule is CC(C)(C)N1CC(C(=O)NC2CCN(C(=O)CCl)CC2)CC1=O. The van der Waals surface area contributed by atoms with Gasteiger partial charge in [-0.15, -0.1) is 11.6 Å². The van der Waals surface area contributed by atoms with E-state index in [-0.39, 0.29) is 47.5 Å².